The molecular formula is C8H2IN4O6. The van der Waals surface area contributed by atoms with Crippen LogP contribution >= 0.6 is 22.6 Å². The van der Waals surface area contributed by atoms with Crippen LogP contribution in [0.4, 0.5) is 22.7 Å². The summed E-state index contributed by atoms with van der Waals surface area (Å²) in [5.74, 6) is -2.29. The third-order valence-electron chi connectivity index (χ3n) is 2.22. The molecule has 1 N–H and O–H groups in total. The number of rotatable bonds is 2. The van der Waals surface area contributed by atoms with Gasteiger partial charge in [-0.15, -0.1) is 0 Å². The molecule has 11 heteroatoms. The topological polar surface area (TPSA) is 147 Å². The Kier molecular flexibility index (Phi) is 3.05. The van der Waals surface area contributed by atoms with Crippen molar-refractivity contribution in [1.82, 2.24) is 5.32 Å². The summed E-state index contributed by atoms with van der Waals surface area (Å²) < 4.78 is -0.0436. The Balaban J connectivity index is 2.80. The molecule has 1 aromatic carbocycles. The number of hydrogen-bond donors (Lipinski definition) is 1. The van der Waals surface area contributed by atoms with Crippen molar-refractivity contribution in [2.45, 2.75) is 0 Å². The molecule has 0 saturated carbocycles. The molecule has 0 saturated heterocycles. The lowest BCUT2D eigenvalue weighted by Crippen LogP contribution is -2.33. The first-order valence-corrected chi connectivity index (χ1v) is 5.63. The highest BCUT2D eigenvalue weighted by molar-refractivity contribution is 14.1. The second kappa shape index (κ2) is 4.42. The zero-order valence-corrected chi connectivity index (χ0v) is 10.9. The van der Waals surface area contributed by atoms with Crippen LogP contribution in [0.15, 0.2) is 6.07 Å². The standard InChI is InChI=1S/C8H2IN4O6/c9-2-1-3-4(11-8(15)7(14)10-3)6(13(18)19)5(2)12(16)17/h1H,(H,10,14). The Bertz CT molecular complexity index is 657. The minimum atomic E-state index is -1.24. The first-order chi connectivity index (χ1) is 8.82. The van der Waals surface area contributed by atoms with Crippen molar-refractivity contribution in [3.63, 3.8) is 0 Å². The first kappa shape index (κ1) is 13.1. The maximum Gasteiger partial charge on any atom is 0.374 e. The number of anilines is 1. The van der Waals surface area contributed by atoms with E-state index in [1.807, 2.05) is 0 Å². The van der Waals surface area contributed by atoms with Crippen molar-refractivity contribution in [2.75, 3.05) is 5.32 Å². The summed E-state index contributed by atoms with van der Waals surface area (Å²) in [5, 5.41) is 27.1. The van der Waals surface area contributed by atoms with Crippen molar-refractivity contribution >= 4 is 57.2 Å². The van der Waals surface area contributed by atoms with Gasteiger partial charge in [-0.25, -0.2) is 0 Å². The molecule has 10 nitrogen and oxygen atoms in total. The number of halogens is 1. The number of nitrogens with zero attached hydrogens (tertiary/aromatic N) is 3. The minimum absolute atomic E-state index is 0.0436. The smallest absolute Gasteiger partial charge is 0.316 e. The summed E-state index contributed by atoms with van der Waals surface area (Å²) in [6.45, 7) is 0. The largest absolute Gasteiger partial charge is 0.374 e. The molecule has 0 spiro atoms. The highest BCUT2D eigenvalue weighted by Crippen LogP contribution is 2.44. The third kappa shape index (κ3) is 2.07. The monoisotopic (exact) mass is 377 g/mol. The number of fused-ring (bicyclic) bond motifs is 1. The molecule has 1 radical (unpaired) electrons. The van der Waals surface area contributed by atoms with Gasteiger partial charge in [0.25, 0.3) is 0 Å². The molecular weight excluding hydrogens is 375 g/mol. The molecule has 0 fully saturated rings. The van der Waals surface area contributed by atoms with Crippen LogP contribution in [0.5, 0.6) is 0 Å². The molecule has 97 valence electrons. The number of nitrogens with one attached hydrogen (secondary N) is 1. The predicted molar refractivity (Wildman–Crippen MR) is 67.9 cm³/mol. The van der Waals surface area contributed by atoms with Crippen LogP contribution in [0.25, 0.3) is 0 Å². The fourth-order valence-electron chi connectivity index (χ4n) is 1.50. The second-order valence-electron chi connectivity index (χ2n) is 3.34. The zero-order chi connectivity index (χ0) is 14.3. The van der Waals surface area contributed by atoms with Crippen LogP contribution in [-0.4, -0.2) is 21.7 Å². The molecule has 1 aromatic rings. The van der Waals surface area contributed by atoms with Gasteiger partial charge < -0.3 is 5.32 Å². The SMILES string of the molecule is O=C1[N]c2c(cc(I)c([N+](=O)[O-])c2[N+](=O)[O-])NC1=O. The fraction of sp³-hybridized carbons (Fsp3) is 0. The molecule has 0 aliphatic carbocycles. The summed E-state index contributed by atoms with van der Waals surface area (Å²) in [7, 11) is 0. The van der Waals surface area contributed by atoms with Gasteiger partial charge in [-0.05, 0) is 28.7 Å². The first-order valence-electron chi connectivity index (χ1n) is 4.55. The van der Waals surface area contributed by atoms with E-state index in [-0.39, 0.29) is 9.26 Å². The number of nitro groups is 2. The van der Waals surface area contributed by atoms with Gasteiger partial charge in [0.2, 0.25) is 0 Å². The van der Waals surface area contributed by atoms with E-state index in [0.717, 1.165) is 6.07 Å². The Labute approximate surface area is 117 Å². The summed E-state index contributed by atoms with van der Waals surface area (Å²) in [5.41, 5.74) is -2.30. The van der Waals surface area contributed by atoms with Crippen molar-refractivity contribution in [2.24, 2.45) is 0 Å². The van der Waals surface area contributed by atoms with E-state index in [0.29, 0.717) is 0 Å². The van der Waals surface area contributed by atoms with Gasteiger partial charge in [-0.2, -0.15) is 5.32 Å². The number of carbonyl (C=O) groups excluding carboxylic acids is 2. The van der Waals surface area contributed by atoms with E-state index in [1.54, 1.807) is 0 Å². The maximum atomic E-state index is 11.1. The van der Waals surface area contributed by atoms with Gasteiger partial charge in [0, 0.05) is 0 Å². The second-order valence-corrected chi connectivity index (χ2v) is 4.50. The van der Waals surface area contributed by atoms with Gasteiger partial charge in [-0.3, -0.25) is 29.8 Å². The summed E-state index contributed by atoms with van der Waals surface area (Å²) in [6, 6.07) is 1.15. The lowest BCUT2D eigenvalue weighted by atomic mass is 10.1. The van der Waals surface area contributed by atoms with E-state index in [4.69, 9.17) is 0 Å². The van der Waals surface area contributed by atoms with Crippen LogP contribution in [0.1, 0.15) is 0 Å². The Hall–Kier alpha value is -2.31. The summed E-state index contributed by atoms with van der Waals surface area (Å²) >= 11 is 1.53. The average Bonchev–Trinajstić information content (AvgIpc) is 2.29. The van der Waals surface area contributed by atoms with Gasteiger partial charge in [0.05, 0.1) is 15.5 Å². The molecule has 2 amide bonds. The van der Waals surface area contributed by atoms with E-state index in [2.05, 4.69) is 10.6 Å². The Morgan fingerprint density at radius 3 is 2.26 bits per heavy atom. The van der Waals surface area contributed by atoms with Crippen LogP contribution in [0.3, 0.4) is 0 Å². The molecule has 1 heterocycles. The molecule has 1 aliphatic rings. The van der Waals surface area contributed by atoms with Crippen LogP contribution < -0.4 is 10.6 Å². The van der Waals surface area contributed by atoms with Crippen LogP contribution in [-0.2, 0) is 9.59 Å². The molecule has 19 heavy (non-hydrogen) atoms. The normalized spacial score (nSPS) is 13.3. The van der Waals surface area contributed by atoms with Gasteiger partial charge in [0.1, 0.15) is 3.57 Å². The van der Waals surface area contributed by atoms with Crippen LogP contribution in [0, 0.1) is 23.8 Å². The third-order valence-corrected chi connectivity index (χ3v) is 3.04. The predicted octanol–water partition coefficient (Wildman–Crippen LogP) is 0.822. The average molecular weight is 377 g/mol. The molecule has 0 atom stereocenters. The van der Waals surface area contributed by atoms with Crippen molar-refractivity contribution in [3.05, 3.63) is 29.9 Å². The van der Waals surface area contributed by atoms with E-state index < -0.39 is 38.7 Å². The van der Waals surface area contributed by atoms with E-state index in [1.165, 1.54) is 22.6 Å². The van der Waals surface area contributed by atoms with Crippen molar-refractivity contribution in [3.8, 4) is 0 Å². The molecule has 2 rings (SSSR count). The van der Waals surface area contributed by atoms with Crippen molar-refractivity contribution < 1.29 is 19.4 Å². The van der Waals surface area contributed by atoms with Gasteiger partial charge in [0.15, 0.2) is 5.69 Å². The Morgan fingerprint density at radius 1 is 1.16 bits per heavy atom. The lowest BCUT2D eigenvalue weighted by molar-refractivity contribution is -0.422. The van der Waals surface area contributed by atoms with Gasteiger partial charge in [-0.1, -0.05) is 0 Å². The highest BCUT2D eigenvalue weighted by Gasteiger charge is 2.39. The van der Waals surface area contributed by atoms with E-state index in [9.17, 15) is 29.8 Å². The number of nitro benzene ring substituents is 2. The number of hydrogen-bond acceptors (Lipinski definition) is 6. The maximum absolute atomic E-state index is 11.1. The van der Waals surface area contributed by atoms with E-state index >= 15 is 0 Å². The van der Waals surface area contributed by atoms with Crippen LogP contribution in [0.2, 0.25) is 0 Å². The molecule has 0 aromatic heterocycles. The highest BCUT2D eigenvalue weighted by atomic mass is 127. The lowest BCUT2D eigenvalue weighted by Gasteiger charge is -2.15. The number of benzene rings is 1. The quantitative estimate of drug-likeness (QED) is 0.349. The molecule has 0 unspecified atom stereocenters. The fourth-order valence-corrected chi connectivity index (χ4v) is 2.26. The zero-order valence-electron chi connectivity index (χ0n) is 8.75. The summed E-state index contributed by atoms with van der Waals surface area (Å²) in [4.78, 5) is 42.1. The molecule has 1 aliphatic heterocycles. The number of carbonyl (C=O) groups is 2. The van der Waals surface area contributed by atoms with Crippen molar-refractivity contribution in [1.29, 1.82) is 0 Å². The minimum Gasteiger partial charge on any atom is -0.316 e. The Morgan fingerprint density at radius 2 is 1.74 bits per heavy atom. The van der Waals surface area contributed by atoms with Gasteiger partial charge >= 0.3 is 23.2 Å². The summed E-state index contributed by atoms with van der Waals surface area (Å²) in [6.07, 6.45) is 0. The molecule has 0 bridgehead atoms. The number of amides is 2.